The van der Waals surface area contributed by atoms with Crippen molar-refractivity contribution in [2.75, 3.05) is 13.2 Å². The Kier molecular flexibility index (Phi) is 5.20. The normalized spacial score (nSPS) is 11.2. The molecule has 1 aromatic carbocycles. The summed E-state index contributed by atoms with van der Waals surface area (Å²) in [7, 11) is 0. The molecule has 0 fully saturated rings. The zero-order valence-electron chi connectivity index (χ0n) is 11.6. The van der Waals surface area contributed by atoms with Gasteiger partial charge in [-0.05, 0) is 44.5 Å². The molecule has 1 heterocycles. The van der Waals surface area contributed by atoms with Crippen molar-refractivity contribution < 1.29 is 13.9 Å². The molecule has 20 heavy (non-hydrogen) atoms. The minimum absolute atomic E-state index is 0.193. The van der Waals surface area contributed by atoms with Crippen LogP contribution in [0.2, 0.25) is 0 Å². The van der Waals surface area contributed by atoms with Gasteiger partial charge in [-0.25, -0.2) is 0 Å². The van der Waals surface area contributed by atoms with E-state index in [1.54, 1.807) is 6.07 Å². The topological polar surface area (TPSA) is 51.5 Å². The van der Waals surface area contributed by atoms with Gasteiger partial charge < -0.3 is 14.5 Å². The molecule has 5 heteroatoms. The number of rotatable bonds is 6. The van der Waals surface area contributed by atoms with Gasteiger partial charge in [0, 0.05) is 23.0 Å². The second-order valence-electron chi connectivity index (χ2n) is 4.82. The second kappa shape index (κ2) is 6.90. The van der Waals surface area contributed by atoms with E-state index in [9.17, 15) is 4.79 Å². The van der Waals surface area contributed by atoms with E-state index in [-0.39, 0.29) is 12.0 Å². The first-order valence-corrected chi connectivity index (χ1v) is 7.44. The Balaban J connectivity index is 1.88. The van der Waals surface area contributed by atoms with Crippen LogP contribution in [0, 0.1) is 0 Å². The number of furan rings is 1. The van der Waals surface area contributed by atoms with E-state index in [2.05, 4.69) is 21.2 Å². The molecule has 0 aliphatic heterocycles. The summed E-state index contributed by atoms with van der Waals surface area (Å²) in [5.74, 6) is 0.143. The number of benzene rings is 1. The van der Waals surface area contributed by atoms with Gasteiger partial charge in [0.05, 0.1) is 6.10 Å². The van der Waals surface area contributed by atoms with Crippen molar-refractivity contribution in [2.24, 2.45) is 0 Å². The number of fused-ring (bicyclic) bond motifs is 1. The lowest BCUT2D eigenvalue weighted by molar-refractivity contribution is 0.0753. The number of amides is 1. The van der Waals surface area contributed by atoms with Gasteiger partial charge in [0.25, 0.3) is 5.91 Å². The third kappa shape index (κ3) is 4.08. The highest BCUT2D eigenvalue weighted by Crippen LogP contribution is 2.23. The van der Waals surface area contributed by atoms with E-state index < -0.39 is 0 Å². The Morgan fingerprint density at radius 1 is 1.40 bits per heavy atom. The molecular weight excluding hydrogens is 322 g/mol. The third-order valence-corrected chi connectivity index (χ3v) is 3.26. The van der Waals surface area contributed by atoms with Crippen LogP contribution in [0.4, 0.5) is 0 Å². The van der Waals surface area contributed by atoms with E-state index in [0.29, 0.717) is 24.5 Å². The first-order valence-electron chi connectivity index (χ1n) is 6.65. The highest BCUT2D eigenvalue weighted by atomic mass is 79.9. The van der Waals surface area contributed by atoms with Crippen molar-refractivity contribution in [1.29, 1.82) is 0 Å². The fraction of sp³-hybridized carbons (Fsp3) is 0.400. The molecule has 1 aromatic heterocycles. The number of halogens is 1. The summed E-state index contributed by atoms with van der Waals surface area (Å²) < 4.78 is 11.9. The molecule has 0 aliphatic carbocycles. The summed E-state index contributed by atoms with van der Waals surface area (Å²) in [6.07, 6.45) is 1.01. The molecule has 108 valence electrons. The number of hydrogen-bond donors (Lipinski definition) is 1. The Morgan fingerprint density at radius 3 is 2.95 bits per heavy atom. The van der Waals surface area contributed by atoms with Crippen molar-refractivity contribution in [3.63, 3.8) is 0 Å². The molecule has 0 radical (unpaired) electrons. The van der Waals surface area contributed by atoms with Gasteiger partial charge in [0.15, 0.2) is 5.76 Å². The smallest absolute Gasteiger partial charge is 0.287 e. The Bertz CT molecular complexity index is 592. The predicted molar refractivity (Wildman–Crippen MR) is 82.0 cm³/mol. The van der Waals surface area contributed by atoms with Crippen molar-refractivity contribution in [3.05, 3.63) is 34.5 Å². The van der Waals surface area contributed by atoms with Gasteiger partial charge in [0.1, 0.15) is 5.58 Å². The fourth-order valence-electron chi connectivity index (χ4n) is 1.80. The van der Waals surface area contributed by atoms with Crippen molar-refractivity contribution >= 4 is 32.8 Å². The Labute approximate surface area is 126 Å². The van der Waals surface area contributed by atoms with Gasteiger partial charge in [-0.1, -0.05) is 15.9 Å². The first-order chi connectivity index (χ1) is 9.56. The second-order valence-corrected chi connectivity index (χ2v) is 5.74. The van der Waals surface area contributed by atoms with Crippen LogP contribution in [0.1, 0.15) is 30.8 Å². The average molecular weight is 340 g/mol. The van der Waals surface area contributed by atoms with E-state index in [4.69, 9.17) is 9.15 Å². The number of hydrogen-bond acceptors (Lipinski definition) is 3. The van der Waals surface area contributed by atoms with E-state index in [1.165, 1.54) is 0 Å². The molecule has 1 N–H and O–H groups in total. The number of ether oxygens (including phenoxy) is 1. The van der Waals surface area contributed by atoms with Crippen LogP contribution in [0.5, 0.6) is 0 Å². The maximum Gasteiger partial charge on any atom is 0.287 e. The predicted octanol–water partition coefficient (Wildman–Crippen LogP) is 3.74. The highest BCUT2D eigenvalue weighted by molar-refractivity contribution is 9.10. The number of nitrogens with one attached hydrogen (secondary N) is 1. The number of carbonyl (C=O) groups is 1. The van der Waals surface area contributed by atoms with Gasteiger partial charge in [0.2, 0.25) is 0 Å². The van der Waals surface area contributed by atoms with E-state index >= 15 is 0 Å². The zero-order valence-corrected chi connectivity index (χ0v) is 13.2. The fourth-order valence-corrected chi connectivity index (χ4v) is 2.14. The van der Waals surface area contributed by atoms with Crippen LogP contribution in [0.3, 0.4) is 0 Å². The number of carbonyl (C=O) groups excluding carboxylic acids is 1. The summed E-state index contributed by atoms with van der Waals surface area (Å²) in [6.45, 7) is 5.20. The molecule has 2 rings (SSSR count). The summed E-state index contributed by atoms with van der Waals surface area (Å²) in [4.78, 5) is 11.9. The summed E-state index contributed by atoms with van der Waals surface area (Å²) in [6, 6.07) is 7.43. The molecule has 0 aliphatic rings. The molecule has 2 aromatic rings. The average Bonchev–Trinajstić information content (AvgIpc) is 2.80. The summed E-state index contributed by atoms with van der Waals surface area (Å²) in [5.41, 5.74) is 0.702. The van der Waals surface area contributed by atoms with Crippen molar-refractivity contribution in [1.82, 2.24) is 5.32 Å². The van der Waals surface area contributed by atoms with Gasteiger partial charge in [-0.15, -0.1) is 0 Å². The molecule has 0 unspecified atom stereocenters. The standard InChI is InChI=1S/C15H18BrNO3/c1-10(2)19-7-3-6-17-15(18)14-8-11-4-5-12(16)9-13(11)20-14/h4-5,8-10H,3,6-7H2,1-2H3,(H,17,18). The molecule has 0 atom stereocenters. The lowest BCUT2D eigenvalue weighted by Crippen LogP contribution is -2.25. The SMILES string of the molecule is CC(C)OCCCNC(=O)c1cc2ccc(Br)cc2o1. The molecule has 1 amide bonds. The van der Waals surface area contributed by atoms with Crippen molar-refractivity contribution in [3.8, 4) is 0 Å². The molecule has 0 spiro atoms. The Morgan fingerprint density at radius 2 is 2.20 bits per heavy atom. The quantitative estimate of drug-likeness (QED) is 0.815. The largest absolute Gasteiger partial charge is 0.451 e. The van der Waals surface area contributed by atoms with Gasteiger partial charge >= 0.3 is 0 Å². The first kappa shape index (κ1) is 15.1. The Hall–Kier alpha value is -1.33. The molecular formula is C15H18BrNO3. The third-order valence-electron chi connectivity index (χ3n) is 2.76. The minimum Gasteiger partial charge on any atom is -0.451 e. The minimum atomic E-state index is -0.193. The van der Waals surface area contributed by atoms with Crippen LogP contribution >= 0.6 is 15.9 Å². The van der Waals surface area contributed by atoms with Crippen LogP contribution < -0.4 is 5.32 Å². The van der Waals surface area contributed by atoms with Gasteiger partial charge in [-0.2, -0.15) is 0 Å². The summed E-state index contributed by atoms with van der Waals surface area (Å²) in [5, 5.41) is 3.74. The van der Waals surface area contributed by atoms with Crippen molar-refractivity contribution in [2.45, 2.75) is 26.4 Å². The zero-order chi connectivity index (χ0) is 14.5. The van der Waals surface area contributed by atoms with Crippen LogP contribution in [0.15, 0.2) is 33.2 Å². The molecule has 0 saturated carbocycles. The lowest BCUT2D eigenvalue weighted by atomic mass is 10.2. The van der Waals surface area contributed by atoms with Crippen LogP contribution in [0.25, 0.3) is 11.0 Å². The van der Waals surface area contributed by atoms with Gasteiger partial charge in [-0.3, -0.25) is 4.79 Å². The van der Waals surface area contributed by atoms with Crippen LogP contribution in [-0.2, 0) is 4.74 Å². The monoisotopic (exact) mass is 339 g/mol. The maximum atomic E-state index is 11.9. The van der Waals surface area contributed by atoms with Crippen LogP contribution in [-0.4, -0.2) is 25.2 Å². The molecule has 0 saturated heterocycles. The summed E-state index contributed by atoms with van der Waals surface area (Å²) >= 11 is 3.38. The lowest BCUT2D eigenvalue weighted by Gasteiger charge is -2.07. The molecule has 4 nitrogen and oxygen atoms in total. The maximum absolute atomic E-state index is 11.9. The molecule has 0 bridgehead atoms. The van der Waals surface area contributed by atoms with E-state index in [0.717, 1.165) is 16.3 Å². The van der Waals surface area contributed by atoms with E-state index in [1.807, 2.05) is 32.0 Å². The highest BCUT2D eigenvalue weighted by Gasteiger charge is 2.11.